The lowest BCUT2D eigenvalue weighted by molar-refractivity contribution is 0.101. The molecule has 0 saturated heterocycles. The molecule has 1 aromatic heterocycles. The highest BCUT2D eigenvalue weighted by molar-refractivity contribution is 7.91. The van der Waals surface area contributed by atoms with Crippen LogP contribution in [0, 0.1) is 0 Å². The largest absolute Gasteiger partial charge is 0.497 e. The van der Waals surface area contributed by atoms with E-state index in [0.29, 0.717) is 22.0 Å². The van der Waals surface area contributed by atoms with E-state index in [2.05, 4.69) is 10.3 Å². The van der Waals surface area contributed by atoms with Gasteiger partial charge in [-0.25, -0.2) is 13.4 Å². The van der Waals surface area contributed by atoms with Crippen LogP contribution in [0.25, 0.3) is 11.3 Å². The minimum Gasteiger partial charge on any atom is -0.497 e. The van der Waals surface area contributed by atoms with Crippen LogP contribution in [0.4, 0.5) is 5.69 Å². The van der Waals surface area contributed by atoms with Crippen molar-refractivity contribution >= 4 is 33.0 Å². The monoisotopic (exact) mass is 417 g/mol. The lowest BCUT2D eigenvalue weighted by atomic mass is 10.1. The zero-order valence-corrected chi connectivity index (χ0v) is 16.4. The Morgan fingerprint density at radius 1 is 1.21 bits per heavy atom. The van der Waals surface area contributed by atoms with Crippen LogP contribution < -0.4 is 10.1 Å². The highest BCUT2D eigenvalue weighted by atomic mass is 35.5. The third kappa shape index (κ3) is 3.25. The van der Waals surface area contributed by atoms with Gasteiger partial charge in [0.1, 0.15) is 17.1 Å². The number of hydrogen-bond donors (Lipinski definition) is 1. The Hall–Kier alpha value is -2.84. The molecule has 1 amide bonds. The molecule has 1 N–H and O–H groups in total. The minimum absolute atomic E-state index is 0.0782. The van der Waals surface area contributed by atoms with Crippen LogP contribution in [0.15, 0.2) is 53.7 Å². The Labute approximate surface area is 166 Å². The Bertz CT molecular complexity index is 1190. The van der Waals surface area contributed by atoms with E-state index >= 15 is 0 Å². The Morgan fingerprint density at radius 3 is 2.75 bits per heavy atom. The molecule has 4 rings (SSSR count). The fourth-order valence-electron chi connectivity index (χ4n) is 3.14. The number of carbonyl (C=O) groups is 1. The average Bonchev–Trinajstić information content (AvgIpc) is 3.19. The number of sulfone groups is 1. The molecule has 144 valence electrons. The van der Waals surface area contributed by atoms with Gasteiger partial charge in [-0.05, 0) is 30.3 Å². The second-order valence-corrected chi connectivity index (χ2v) is 8.70. The highest BCUT2D eigenvalue weighted by Gasteiger charge is 2.35. The summed E-state index contributed by atoms with van der Waals surface area (Å²) in [7, 11) is -1.99. The summed E-state index contributed by atoms with van der Waals surface area (Å²) in [5, 5.41) is 3.15. The number of carbonyl (C=O) groups excluding carboxylic acids is 1. The maximum Gasteiger partial charge on any atom is 0.274 e. The Balaban J connectivity index is 1.84. The number of ether oxygens (including phenoxy) is 1. The molecule has 0 unspecified atom stereocenters. The normalized spacial score (nSPS) is 14.5. The van der Waals surface area contributed by atoms with Gasteiger partial charge in [0.2, 0.25) is 15.0 Å². The molecule has 0 spiro atoms. The highest BCUT2D eigenvalue weighted by Crippen LogP contribution is 2.32. The minimum atomic E-state index is -3.52. The van der Waals surface area contributed by atoms with Crippen molar-refractivity contribution in [2.24, 2.45) is 0 Å². The number of anilines is 1. The number of aromatic nitrogens is 2. The van der Waals surface area contributed by atoms with Crippen molar-refractivity contribution < 1.29 is 17.9 Å². The molecule has 3 aromatic rings. The van der Waals surface area contributed by atoms with Gasteiger partial charge in [-0.15, -0.1) is 0 Å². The molecule has 0 aliphatic carbocycles. The number of methoxy groups -OCH3 is 1. The number of halogens is 1. The van der Waals surface area contributed by atoms with Crippen molar-refractivity contribution in [3.63, 3.8) is 0 Å². The first kappa shape index (κ1) is 18.5. The smallest absolute Gasteiger partial charge is 0.274 e. The van der Waals surface area contributed by atoms with E-state index in [1.54, 1.807) is 48.5 Å². The van der Waals surface area contributed by atoms with Gasteiger partial charge >= 0.3 is 0 Å². The molecule has 2 heterocycles. The van der Waals surface area contributed by atoms with Gasteiger partial charge in [0.25, 0.3) is 5.91 Å². The summed E-state index contributed by atoms with van der Waals surface area (Å²) in [4.78, 5) is 17.4. The molecular weight excluding hydrogens is 402 g/mol. The standard InChI is InChI=1S/C19H16ClN3O4S/c1-27-15-7-2-4-12(10-15)16-17(23-8-9-28(25,26)19(23)22-16)18(24)21-14-6-3-5-13(20)11-14/h2-7,10-11H,8-9H2,1H3,(H,21,24). The molecule has 9 heteroatoms. The van der Waals surface area contributed by atoms with E-state index in [0.717, 1.165) is 0 Å². The van der Waals surface area contributed by atoms with E-state index in [4.69, 9.17) is 16.3 Å². The summed E-state index contributed by atoms with van der Waals surface area (Å²) in [6, 6.07) is 13.7. The van der Waals surface area contributed by atoms with Crippen LogP contribution in [0.5, 0.6) is 5.75 Å². The predicted octanol–water partition coefficient (Wildman–Crippen LogP) is 3.25. The predicted molar refractivity (Wildman–Crippen MR) is 106 cm³/mol. The number of fused-ring (bicyclic) bond motifs is 1. The summed E-state index contributed by atoms with van der Waals surface area (Å²) < 4.78 is 31.4. The molecule has 1 aliphatic heterocycles. The first-order valence-corrected chi connectivity index (χ1v) is 10.5. The maximum atomic E-state index is 13.1. The lowest BCUT2D eigenvalue weighted by Crippen LogP contribution is -2.17. The number of nitrogens with zero attached hydrogens (tertiary/aromatic N) is 2. The zero-order valence-electron chi connectivity index (χ0n) is 14.8. The van der Waals surface area contributed by atoms with Gasteiger partial charge in [0.15, 0.2) is 0 Å². The molecule has 0 atom stereocenters. The van der Waals surface area contributed by atoms with Crippen molar-refractivity contribution in [1.82, 2.24) is 9.55 Å². The summed E-state index contributed by atoms with van der Waals surface area (Å²) in [5.74, 6) is 0.0381. The molecule has 28 heavy (non-hydrogen) atoms. The van der Waals surface area contributed by atoms with Gasteiger partial charge in [-0.2, -0.15) is 0 Å². The van der Waals surface area contributed by atoms with Crippen molar-refractivity contribution in [3.8, 4) is 17.0 Å². The number of nitrogens with one attached hydrogen (secondary N) is 1. The third-order valence-electron chi connectivity index (χ3n) is 4.44. The van der Waals surface area contributed by atoms with Gasteiger partial charge < -0.3 is 14.6 Å². The topological polar surface area (TPSA) is 90.3 Å². The molecule has 0 radical (unpaired) electrons. The van der Waals surface area contributed by atoms with Crippen molar-refractivity contribution in [2.75, 3.05) is 18.2 Å². The maximum absolute atomic E-state index is 13.1. The van der Waals surface area contributed by atoms with Crippen molar-refractivity contribution in [3.05, 3.63) is 59.2 Å². The molecule has 0 saturated carbocycles. The molecule has 2 aromatic carbocycles. The van der Waals surface area contributed by atoms with Crippen LogP contribution in [-0.4, -0.2) is 36.7 Å². The van der Waals surface area contributed by atoms with Gasteiger partial charge in [0, 0.05) is 22.8 Å². The average molecular weight is 418 g/mol. The molecule has 1 aliphatic rings. The van der Waals surface area contributed by atoms with E-state index in [1.807, 2.05) is 0 Å². The summed E-state index contributed by atoms with van der Waals surface area (Å²) in [5.41, 5.74) is 1.57. The van der Waals surface area contributed by atoms with E-state index < -0.39 is 15.7 Å². The van der Waals surface area contributed by atoms with Crippen molar-refractivity contribution in [1.29, 1.82) is 0 Å². The Kier molecular flexibility index (Phi) is 4.60. The van der Waals surface area contributed by atoms with Crippen LogP contribution in [0.3, 0.4) is 0 Å². The molecule has 0 fully saturated rings. The number of benzene rings is 2. The van der Waals surface area contributed by atoms with E-state index in [9.17, 15) is 13.2 Å². The van der Waals surface area contributed by atoms with Gasteiger partial charge in [-0.3, -0.25) is 4.79 Å². The summed E-state index contributed by atoms with van der Waals surface area (Å²) in [6.45, 7) is 0.174. The second kappa shape index (κ2) is 6.96. The van der Waals surface area contributed by atoms with Crippen LogP contribution in [-0.2, 0) is 16.4 Å². The number of rotatable bonds is 4. The first-order valence-electron chi connectivity index (χ1n) is 8.44. The number of hydrogen-bond acceptors (Lipinski definition) is 5. The fraction of sp³-hybridized carbons (Fsp3) is 0.158. The summed E-state index contributed by atoms with van der Waals surface area (Å²) in [6.07, 6.45) is 0. The Morgan fingerprint density at radius 2 is 2.00 bits per heavy atom. The van der Waals surface area contributed by atoms with Gasteiger partial charge in [0.05, 0.1) is 12.9 Å². The van der Waals surface area contributed by atoms with Crippen LogP contribution in [0.1, 0.15) is 10.5 Å². The zero-order chi connectivity index (χ0) is 19.9. The molecule has 7 nitrogen and oxygen atoms in total. The third-order valence-corrected chi connectivity index (χ3v) is 6.26. The molecule has 0 bridgehead atoms. The van der Waals surface area contributed by atoms with E-state index in [1.165, 1.54) is 11.7 Å². The van der Waals surface area contributed by atoms with E-state index in [-0.39, 0.29) is 28.8 Å². The van der Waals surface area contributed by atoms with Crippen LogP contribution in [0.2, 0.25) is 5.02 Å². The quantitative estimate of drug-likeness (QED) is 0.703. The number of amides is 1. The van der Waals surface area contributed by atoms with Crippen LogP contribution >= 0.6 is 11.6 Å². The fourth-order valence-corrected chi connectivity index (χ4v) is 4.68. The SMILES string of the molecule is COc1cccc(-c2nc3n(c2C(=O)Nc2cccc(Cl)c2)CCS3(=O)=O)c1. The second-order valence-electron chi connectivity index (χ2n) is 6.26. The lowest BCUT2D eigenvalue weighted by Gasteiger charge is -2.10. The number of imidazole rings is 1. The molecular formula is C19H16ClN3O4S. The van der Waals surface area contributed by atoms with Gasteiger partial charge in [-0.1, -0.05) is 29.8 Å². The summed E-state index contributed by atoms with van der Waals surface area (Å²) >= 11 is 5.98. The van der Waals surface area contributed by atoms with Crippen molar-refractivity contribution in [2.45, 2.75) is 11.7 Å². The first-order chi connectivity index (χ1) is 13.4.